The lowest BCUT2D eigenvalue weighted by Crippen LogP contribution is -2.26. The number of nitrogens with zero attached hydrogens (tertiary/aromatic N) is 1. The van der Waals surface area contributed by atoms with Crippen molar-refractivity contribution in [2.45, 2.75) is 88.5 Å². The van der Waals surface area contributed by atoms with Crippen LogP contribution in [0.3, 0.4) is 0 Å². The molecule has 1 saturated carbocycles. The topological polar surface area (TPSA) is 40.2 Å². The van der Waals surface area contributed by atoms with Crippen molar-refractivity contribution in [2.24, 2.45) is 5.73 Å². The zero-order chi connectivity index (χ0) is 14.3. The molecule has 2 heterocycles. The normalized spacial score (nSPS) is 31.5. The highest BCUT2D eigenvalue weighted by Crippen LogP contribution is 2.43. The fourth-order valence-electron chi connectivity index (χ4n) is 4.70. The van der Waals surface area contributed by atoms with Crippen molar-refractivity contribution >= 4 is 0 Å². The molecule has 21 heavy (non-hydrogen) atoms. The quantitative estimate of drug-likeness (QED) is 0.843. The molecular weight excluding hydrogens is 260 g/mol. The van der Waals surface area contributed by atoms with Gasteiger partial charge in [0, 0.05) is 25.0 Å². The maximum atomic E-state index is 6.45. The molecule has 3 heteroatoms. The lowest BCUT2D eigenvalue weighted by Gasteiger charge is -2.24. The second kappa shape index (κ2) is 5.44. The number of aryl methyl sites for hydroxylation is 1. The predicted octanol–water partition coefficient (Wildman–Crippen LogP) is 3.71. The van der Waals surface area contributed by atoms with E-state index in [9.17, 15) is 0 Å². The summed E-state index contributed by atoms with van der Waals surface area (Å²) >= 11 is 0. The number of hydrogen-bond acceptors (Lipinski definition) is 2. The average molecular weight is 288 g/mol. The summed E-state index contributed by atoms with van der Waals surface area (Å²) in [5.74, 6) is 0. The molecule has 1 saturated heterocycles. The third-order valence-electron chi connectivity index (χ3n) is 5.88. The van der Waals surface area contributed by atoms with Crippen LogP contribution >= 0.6 is 0 Å². The lowest BCUT2D eigenvalue weighted by molar-refractivity contribution is -0.0417. The third kappa shape index (κ3) is 2.66. The van der Waals surface area contributed by atoms with E-state index in [1.165, 1.54) is 68.9 Å². The van der Waals surface area contributed by atoms with Gasteiger partial charge in [-0.05, 0) is 56.1 Å². The van der Waals surface area contributed by atoms with E-state index >= 15 is 0 Å². The van der Waals surface area contributed by atoms with E-state index < -0.39 is 0 Å². The Balaban J connectivity index is 1.45. The van der Waals surface area contributed by atoms with Gasteiger partial charge < -0.3 is 15.0 Å². The molecular formula is C18H28N2O. The molecule has 3 nitrogen and oxygen atoms in total. The molecule has 2 unspecified atom stereocenters. The molecule has 116 valence electrons. The van der Waals surface area contributed by atoms with E-state index in [0.29, 0.717) is 6.10 Å². The number of hydrogen-bond donors (Lipinski definition) is 1. The molecule has 1 aromatic rings. The van der Waals surface area contributed by atoms with Gasteiger partial charge in [-0.25, -0.2) is 0 Å². The number of fused-ring (bicyclic) bond motifs is 1. The average Bonchev–Trinajstić information content (AvgIpc) is 3.16. The van der Waals surface area contributed by atoms with E-state index in [2.05, 4.69) is 17.0 Å². The Morgan fingerprint density at radius 3 is 2.81 bits per heavy atom. The largest absolute Gasteiger partial charge is 0.370 e. The number of nitrogens with two attached hydrogens (primary N) is 1. The summed E-state index contributed by atoms with van der Waals surface area (Å²) in [6, 6.07) is 0.245. The van der Waals surface area contributed by atoms with Gasteiger partial charge in [-0.15, -0.1) is 0 Å². The standard InChI is InChI=1S/C18H28N2O/c19-17-6-2-1-5-14-11-20(13-16(14)17)12-15-7-10-18(21-15)8-3-4-9-18/h11,13,15,17H,1-10,12,19H2. The second-order valence-corrected chi connectivity index (χ2v) is 7.46. The van der Waals surface area contributed by atoms with Gasteiger partial charge in [0.25, 0.3) is 0 Å². The van der Waals surface area contributed by atoms with E-state index in [1.54, 1.807) is 0 Å². The Kier molecular flexibility index (Phi) is 3.58. The summed E-state index contributed by atoms with van der Waals surface area (Å²) in [4.78, 5) is 0. The molecule has 2 N–H and O–H groups in total. The summed E-state index contributed by atoms with van der Waals surface area (Å²) in [7, 11) is 0. The van der Waals surface area contributed by atoms with Crippen molar-refractivity contribution in [3.05, 3.63) is 23.5 Å². The van der Waals surface area contributed by atoms with Crippen LogP contribution in [0.4, 0.5) is 0 Å². The van der Waals surface area contributed by atoms with Crippen LogP contribution in [0.2, 0.25) is 0 Å². The van der Waals surface area contributed by atoms with Gasteiger partial charge in [0.15, 0.2) is 0 Å². The van der Waals surface area contributed by atoms with E-state index in [1.807, 2.05) is 0 Å². The Morgan fingerprint density at radius 1 is 1.10 bits per heavy atom. The van der Waals surface area contributed by atoms with Gasteiger partial charge in [-0.2, -0.15) is 0 Å². The predicted molar refractivity (Wildman–Crippen MR) is 84.2 cm³/mol. The van der Waals surface area contributed by atoms with Crippen LogP contribution in [0.1, 0.15) is 75.0 Å². The first-order valence-corrected chi connectivity index (χ1v) is 8.86. The first kappa shape index (κ1) is 13.8. The van der Waals surface area contributed by atoms with E-state index in [-0.39, 0.29) is 11.6 Å². The number of aromatic nitrogens is 1. The lowest BCUT2D eigenvalue weighted by atomic mass is 9.98. The third-order valence-corrected chi connectivity index (χ3v) is 5.88. The number of rotatable bonds is 2. The molecule has 0 radical (unpaired) electrons. The highest BCUT2D eigenvalue weighted by atomic mass is 16.5. The van der Waals surface area contributed by atoms with Crippen molar-refractivity contribution in [3.63, 3.8) is 0 Å². The molecule has 0 bridgehead atoms. The molecule has 2 atom stereocenters. The van der Waals surface area contributed by atoms with Gasteiger partial charge in [0.05, 0.1) is 11.7 Å². The maximum absolute atomic E-state index is 6.45. The summed E-state index contributed by atoms with van der Waals surface area (Å²) < 4.78 is 8.80. The minimum atomic E-state index is 0.245. The minimum Gasteiger partial charge on any atom is -0.370 e. The monoisotopic (exact) mass is 288 g/mol. The Labute approximate surface area is 127 Å². The Hall–Kier alpha value is -0.800. The van der Waals surface area contributed by atoms with Gasteiger partial charge in [-0.1, -0.05) is 19.3 Å². The van der Waals surface area contributed by atoms with Crippen molar-refractivity contribution in [2.75, 3.05) is 0 Å². The Morgan fingerprint density at radius 2 is 1.95 bits per heavy atom. The molecule has 3 aliphatic rings. The molecule has 1 spiro atoms. The molecule has 4 rings (SSSR count). The highest BCUT2D eigenvalue weighted by Gasteiger charge is 2.42. The van der Waals surface area contributed by atoms with Crippen LogP contribution in [0.25, 0.3) is 0 Å². The van der Waals surface area contributed by atoms with Crippen molar-refractivity contribution in [3.8, 4) is 0 Å². The first-order chi connectivity index (χ1) is 10.2. The van der Waals surface area contributed by atoms with Gasteiger partial charge in [0.1, 0.15) is 0 Å². The van der Waals surface area contributed by atoms with E-state index in [0.717, 1.165) is 13.0 Å². The Bertz CT molecular complexity index is 501. The molecule has 2 fully saturated rings. The van der Waals surface area contributed by atoms with Gasteiger partial charge in [-0.3, -0.25) is 0 Å². The molecule has 1 aromatic heterocycles. The van der Waals surface area contributed by atoms with Crippen molar-refractivity contribution < 1.29 is 4.74 Å². The fraction of sp³-hybridized carbons (Fsp3) is 0.778. The first-order valence-electron chi connectivity index (χ1n) is 8.86. The van der Waals surface area contributed by atoms with Crippen molar-refractivity contribution in [1.29, 1.82) is 0 Å². The van der Waals surface area contributed by atoms with Crippen LogP contribution in [0, 0.1) is 0 Å². The minimum absolute atomic E-state index is 0.245. The summed E-state index contributed by atoms with van der Waals surface area (Å²) in [5.41, 5.74) is 9.44. The van der Waals surface area contributed by atoms with Crippen LogP contribution in [0.15, 0.2) is 12.4 Å². The van der Waals surface area contributed by atoms with Crippen molar-refractivity contribution in [1.82, 2.24) is 4.57 Å². The van der Waals surface area contributed by atoms with Crippen LogP contribution in [-0.2, 0) is 17.7 Å². The van der Waals surface area contributed by atoms with Crippen LogP contribution < -0.4 is 5.73 Å². The van der Waals surface area contributed by atoms with E-state index in [4.69, 9.17) is 10.5 Å². The second-order valence-electron chi connectivity index (χ2n) is 7.46. The highest BCUT2D eigenvalue weighted by molar-refractivity contribution is 5.29. The van der Waals surface area contributed by atoms with Crippen LogP contribution in [0.5, 0.6) is 0 Å². The SMILES string of the molecule is NC1CCCCc2cn(CC3CCC4(CCCC4)O3)cc21. The zero-order valence-corrected chi connectivity index (χ0v) is 13.0. The molecule has 2 aliphatic carbocycles. The fourth-order valence-corrected chi connectivity index (χ4v) is 4.70. The zero-order valence-electron chi connectivity index (χ0n) is 13.0. The van der Waals surface area contributed by atoms with Gasteiger partial charge >= 0.3 is 0 Å². The van der Waals surface area contributed by atoms with Crippen LogP contribution in [-0.4, -0.2) is 16.3 Å². The smallest absolute Gasteiger partial charge is 0.0762 e. The molecule has 0 aromatic carbocycles. The summed E-state index contributed by atoms with van der Waals surface area (Å²) in [6.45, 7) is 1.02. The maximum Gasteiger partial charge on any atom is 0.0762 e. The summed E-state index contributed by atoms with van der Waals surface area (Å²) in [5, 5.41) is 0. The molecule has 0 amide bonds. The summed E-state index contributed by atoms with van der Waals surface area (Å²) in [6.07, 6.45) is 17.7. The number of ether oxygens (including phenoxy) is 1. The molecule has 1 aliphatic heterocycles. The van der Waals surface area contributed by atoms with Gasteiger partial charge in [0.2, 0.25) is 0 Å².